The second-order valence-corrected chi connectivity index (χ2v) is 13.0. The predicted octanol–water partition coefficient (Wildman–Crippen LogP) is 11.3. The lowest BCUT2D eigenvalue weighted by molar-refractivity contribution is 0.646. The molecule has 0 aliphatic heterocycles. The third-order valence-electron chi connectivity index (χ3n) is 10.3. The molecule has 0 atom stereocenters. The van der Waals surface area contributed by atoms with Crippen LogP contribution in [0.25, 0.3) is 76.9 Å². The van der Waals surface area contributed by atoms with Crippen molar-refractivity contribution >= 4 is 54.4 Å². The van der Waals surface area contributed by atoms with E-state index >= 15 is 0 Å². The van der Waals surface area contributed by atoms with Crippen molar-refractivity contribution in [3.63, 3.8) is 0 Å². The molecule has 0 saturated carbocycles. The minimum atomic E-state index is -0.112. The first kappa shape index (κ1) is 24.8. The Labute approximate surface area is 261 Å². The molecule has 1 aliphatic rings. The molecule has 0 unspecified atom stereocenters. The topological polar surface area (TPSA) is 9.86 Å². The molecule has 212 valence electrons. The summed E-state index contributed by atoms with van der Waals surface area (Å²) in [6, 6.07) is 53.7. The van der Waals surface area contributed by atoms with Gasteiger partial charge in [-0.2, -0.15) is 0 Å². The van der Waals surface area contributed by atoms with E-state index in [-0.39, 0.29) is 5.41 Å². The summed E-state index contributed by atoms with van der Waals surface area (Å²) in [4.78, 5) is 0. The van der Waals surface area contributed by atoms with E-state index in [2.05, 4.69) is 169 Å². The quantitative estimate of drug-likeness (QED) is 0.194. The van der Waals surface area contributed by atoms with Gasteiger partial charge < -0.3 is 9.13 Å². The second kappa shape index (κ2) is 8.74. The van der Waals surface area contributed by atoms with Crippen LogP contribution in [0.15, 0.2) is 146 Å². The van der Waals surface area contributed by atoms with E-state index in [1.807, 2.05) is 0 Å². The molecule has 7 aromatic carbocycles. The van der Waals surface area contributed by atoms with E-state index in [1.54, 1.807) is 0 Å². The van der Waals surface area contributed by atoms with Crippen molar-refractivity contribution in [2.24, 2.45) is 0 Å². The molecular formula is C43H30N2. The molecular weight excluding hydrogens is 544 g/mol. The normalized spacial score (nSPS) is 13.7. The van der Waals surface area contributed by atoms with Gasteiger partial charge in [0.15, 0.2) is 0 Å². The zero-order valence-electron chi connectivity index (χ0n) is 25.3. The Morgan fingerprint density at radius 1 is 0.422 bits per heavy atom. The van der Waals surface area contributed by atoms with Crippen LogP contribution in [0.3, 0.4) is 0 Å². The van der Waals surface area contributed by atoms with Crippen molar-refractivity contribution < 1.29 is 0 Å². The van der Waals surface area contributed by atoms with Crippen molar-refractivity contribution in [1.82, 2.24) is 9.13 Å². The predicted molar refractivity (Wildman–Crippen MR) is 190 cm³/mol. The highest BCUT2D eigenvalue weighted by molar-refractivity contribution is 6.20. The molecule has 0 spiro atoms. The van der Waals surface area contributed by atoms with E-state index in [0.29, 0.717) is 0 Å². The fourth-order valence-corrected chi connectivity index (χ4v) is 8.31. The SMILES string of the molecule is CC1(C)c2ccc3c(c2-c2cccc4cccc1c24)c1ccccc1n3-c1ccc2c(c1)c1ccccc1n2-c1ccccc1. The molecule has 2 heterocycles. The molecule has 0 radical (unpaired) electrons. The van der Waals surface area contributed by atoms with E-state index in [1.165, 1.54) is 88.0 Å². The standard InChI is InChI=1S/C43H30N2/c1-43(2)34-19-11-13-27-12-10-18-32(40(27)34)41-35(43)23-25-39-42(41)31-17-7-9-21-37(31)45(39)29-22-24-38-33(26-29)30-16-6-8-20-36(30)44(38)28-14-4-3-5-15-28/h3-26H,1-2H3. The van der Waals surface area contributed by atoms with Crippen LogP contribution in [0, 0.1) is 0 Å². The van der Waals surface area contributed by atoms with E-state index in [9.17, 15) is 0 Å². The zero-order valence-corrected chi connectivity index (χ0v) is 25.3. The fourth-order valence-electron chi connectivity index (χ4n) is 8.31. The first-order chi connectivity index (χ1) is 22.1. The Kier molecular flexibility index (Phi) is 4.82. The van der Waals surface area contributed by atoms with Crippen molar-refractivity contribution in [3.05, 3.63) is 157 Å². The molecule has 0 fully saturated rings. The van der Waals surface area contributed by atoms with Crippen LogP contribution in [-0.4, -0.2) is 9.13 Å². The second-order valence-electron chi connectivity index (χ2n) is 13.0. The van der Waals surface area contributed by atoms with Gasteiger partial charge in [0.2, 0.25) is 0 Å². The lowest BCUT2D eigenvalue weighted by atomic mass is 9.68. The molecule has 1 aliphatic carbocycles. The molecule has 0 bridgehead atoms. The largest absolute Gasteiger partial charge is 0.309 e. The highest BCUT2D eigenvalue weighted by Gasteiger charge is 2.35. The van der Waals surface area contributed by atoms with Gasteiger partial charge in [-0.05, 0) is 81.6 Å². The van der Waals surface area contributed by atoms with Crippen molar-refractivity contribution in [3.8, 4) is 22.5 Å². The third kappa shape index (κ3) is 3.18. The minimum absolute atomic E-state index is 0.112. The number of para-hydroxylation sites is 3. The Balaban J connectivity index is 1.32. The van der Waals surface area contributed by atoms with Gasteiger partial charge in [-0.1, -0.05) is 111 Å². The summed E-state index contributed by atoms with van der Waals surface area (Å²) in [5, 5.41) is 7.85. The molecule has 2 aromatic heterocycles. The van der Waals surface area contributed by atoms with Gasteiger partial charge in [0, 0.05) is 38.3 Å². The maximum Gasteiger partial charge on any atom is 0.0547 e. The molecule has 0 saturated heterocycles. The molecule has 2 nitrogen and oxygen atoms in total. The monoisotopic (exact) mass is 574 g/mol. The summed E-state index contributed by atoms with van der Waals surface area (Å²) in [6.45, 7) is 4.77. The Hall–Kier alpha value is -5.60. The van der Waals surface area contributed by atoms with Crippen LogP contribution in [0.1, 0.15) is 25.0 Å². The molecule has 45 heavy (non-hydrogen) atoms. The first-order valence-electron chi connectivity index (χ1n) is 15.8. The molecule has 0 N–H and O–H groups in total. The number of hydrogen-bond donors (Lipinski definition) is 0. The summed E-state index contributed by atoms with van der Waals surface area (Å²) in [7, 11) is 0. The Morgan fingerprint density at radius 3 is 1.89 bits per heavy atom. The highest BCUT2D eigenvalue weighted by Crippen LogP contribution is 2.52. The minimum Gasteiger partial charge on any atom is -0.309 e. The van der Waals surface area contributed by atoms with Crippen molar-refractivity contribution in [1.29, 1.82) is 0 Å². The molecule has 9 aromatic rings. The van der Waals surface area contributed by atoms with Gasteiger partial charge in [-0.15, -0.1) is 0 Å². The van der Waals surface area contributed by atoms with Crippen LogP contribution in [0.4, 0.5) is 0 Å². The number of fused-ring (bicyclic) bond motifs is 9. The lowest BCUT2D eigenvalue weighted by Crippen LogP contribution is -2.23. The maximum atomic E-state index is 2.48. The Morgan fingerprint density at radius 2 is 1.07 bits per heavy atom. The fraction of sp³-hybridized carbons (Fsp3) is 0.0698. The van der Waals surface area contributed by atoms with Crippen LogP contribution in [0.5, 0.6) is 0 Å². The van der Waals surface area contributed by atoms with Crippen molar-refractivity contribution in [2.45, 2.75) is 19.3 Å². The number of hydrogen-bond acceptors (Lipinski definition) is 0. The summed E-state index contributed by atoms with van der Waals surface area (Å²) >= 11 is 0. The number of benzene rings is 7. The van der Waals surface area contributed by atoms with E-state index < -0.39 is 0 Å². The summed E-state index contributed by atoms with van der Waals surface area (Å²) in [5.74, 6) is 0. The zero-order chi connectivity index (χ0) is 29.9. The smallest absolute Gasteiger partial charge is 0.0547 e. The van der Waals surface area contributed by atoms with Gasteiger partial charge >= 0.3 is 0 Å². The van der Waals surface area contributed by atoms with Gasteiger partial charge in [0.05, 0.1) is 22.1 Å². The number of aromatic nitrogens is 2. The first-order valence-corrected chi connectivity index (χ1v) is 15.8. The maximum absolute atomic E-state index is 2.48. The van der Waals surface area contributed by atoms with Crippen LogP contribution in [0.2, 0.25) is 0 Å². The van der Waals surface area contributed by atoms with Crippen LogP contribution in [-0.2, 0) is 5.41 Å². The average molecular weight is 575 g/mol. The number of nitrogens with zero attached hydrogens (tertiary/aromatic N) is 2. The highest BCUT2D eigenvalue weighted by atomic mass is 15.0. The van der Waals surface area contributed by atoms with E-state index in [4.69, 9.17) is 0 Å². The van der Waals surface area contributed by atoms with Crippen molar-refractivity contribution in [2.75, 3.05) is 0 Å². The summed E-state index contributed by atoms with van der Waals surface area (Å²) in [6.07, 6.45) is 0. The van der Waals surface area contributed by atoms with Gasteiger partial charge in [-0.25, -0.2) is 0 Å². The molecule has 2 heteroatoms. The Bertz CT molecular complexity index is 2660. The van der Waals surface area contributed by atoms with E-state index in [0.717, 1.165) is 0 Å². The van der Waals surface area contributed by atoms with Gasteiger partial charge in [0.1, 0.15) is 0 Å². The summed E-state index contributed by atoms with van der Waals surface area (Å²) < 4.78 is 4.86. The van der Waals surface area contributed by atoms with Crippen LogP contribution >= 0.6 is 0 Å². The molecule has 0 amide bonds. The third-order valence-corrected chi connectivity index (χ3v) is 10.3. The van der Waals surface area contributed by atoms with Crippen LogP contribution < -0.4 is 0 Å². The average Bonchev–Trinajstić information content (AvgIpc) is 3.60. The van der Waals surface area contributed by atoms with Gasteiger partial charge in [-0.3, -0.25) is 0 Å². The summed E-state index contributed by atoms with van der Waals surface area (Å²) in [5.41, 5.74) is 12.7. The van der Waals surface area contributed by atoms with Gasteiger partial charge in [0.25, 0.3) is 0 Å². The lowest BCUT2D eigenvalue weighted by Gasteiger charge is -2.35. The number of rotatable bonds is 2. The molecule has 10 rings (SSSR count).